The fourth-order valence-corrected chi connectivity index (χ4v) is 2.33. The number of hydrogen-bond donors (Lipinski definition) is 1. The van der Waals surface area contributed by atoms with E-state index >= 15 is 0 Å². The Morgan fingerprint density at radius 2 is 1.68 bits per heavy atom. The van der Waals surface area contributed by atoms with E-state index in [0.717, 1.165) is 10.0 Å². The molecule has 0 aliphatic rings. The first-order valence-electron chi connectivity index (χ1n) is 6.60. The van der Waals surface area contributed by atoms with Gasteiger partial charge in [0.05, 0.1) is 5.69 Å². The zero-order chi connectivity index (χ0) is 15.5. The zero-order valence-electron chi connectivity index (χ0n) is 11.4. The van der Waals surface area contributed by atoms with Crippen molar-refractivity contribution >= 4 is 21.7 Å². The lowest BCUT2D eigenvalue weighted by Crippen LogP contribution is -2.19. The molecule has 3 rings (SSSR count). The quantitative estimate of drug-likeness (QED) is 0.733. The van der Waals surface area contributed by atoms with Gasteiger partial charge in [-0.25, -0.2) is 0 Å². The number of H-pyrrole nitrogens is 1. The van der Waals surface area contributed by atoms with Crippen molar-refractivity contribution in [2.24, 2.45) is 0 Å². The largest absolute Gasteiger partial charge is 0.287 e. The molecular formula is C17H11BrN2O2. The standard InChI is InChI=1S/C17H11BrN2O2/c18-13-8-6-11(7-9-13)14-10-15(21)16(20-19-14)17(22)12-4-2-1-3-5-12/h1-10H,(H,19,21). The maximum absolute atomic E-state index is 12.3. The van der Waals surface area contributed by atoms with Gasteiger partial charge < -0.3 is 0 Å². The first-order valence-corrected chi connectivity index (χ1v) is 7.40. The molecule has 1 N–H and O–H groups in total. The molecule has 0 unspecified atom stereocenters. The number of ketones is 1. The second-order valence-corrected chi connectivity index (χ2v) is 5.61. The van der Waals surface area contributed by atoms with E-state index in [1.54, 1.807) is 24.3 Å². The normalized spacial score (nSPS) is 10.4. The molecule has 0 amide bonds. The van der Waals surface area contributed by atoms with Gasteiger partial charge in [0.25, 0.3) is 0 Å². The lowest BCUT2D eigenvalue weighted by atomic mass is 10.1. The summed E-state index contributed by atoms with van der Waals surface area (Å²) in [5, 5.41) is 6.73. The highest BCUT2D eigenvalue weighted by Crippen LogP contribution is 2.18. The predicted molar refractivity (Wildman–Crippen MR) is 87.9 cm³/mol. The van der Waals surface area contributed by atoms with Crippen LogP contribution in [-0.4, -0.2) is 16.0 Å². The Labute approximate surface area is 135 Å². The molecule has 0 bridgehead atoms. The van der Waals surface area contributed by atoms with Gasteiger partial charge in [-0.2, -0.15) is 5.10 Å². The molecular weight excluding hydrogens is 344 g/mol. The van der Waals surface area contributed by atoms with Crippen LogP contribution in [0, 0.1) is 0 Å². The number of hydrogen-bond acceptors (Lipinski definition) is 3. The van der Waals surface area contributed by atoms with Crippen LogP contribution in [0.3, 0.4) is 0 Å². The Morgan fingerprint density at radius 3 is 2.32 bits per heavy atom. The van der Waals surface area contributed by atoms with E-state index in [2.05, 4.69) is 26.1 Å². The summed E-state index contributed by atoms with van der Waals surface area (Å²) in [5.41, 5.74) is 1.34. The van der Waals surface area contributed by atoms with Crippen LogP contribution in [0.5, 0.6) is 0 Å². The molecule has 0 spiro atoms. The van der Waals surface area contributed by atoms with Crippen molar-refractivity contribution in [3.63, 3.8) is 0 Å². The first-order chi connectivity index (χ1) is 10.6. The van der Waals surface area contributed by atoms with Crippen LogP contribution in [0.15, 0.2) is 69.9 Å². The summed E-state index contributed by atoms with van der Waals surface area (Å²) in [7, 11) is 0. The summed E-state index contributed by atoms with van der Waals surface area (Å²) in [5.74, 6) is -0.385. The minimum absolute atomic E-state index is 0.105. The van der Waals surface area contributed by atoms with Crippen molar-refractivity contribution in [3.05, 3.63) is 86.6 Å². The van der Waals surface area contributed by atoms with E-state index in [1.165, 1.54) is 6.07 Å². The second kappa shape index (κ2) is 6.07. The number of carbonyl (C=O) groups excluding carboxylic acids is 1. The van der Waals surface area contributed by atoms with E-state index in [1.807, 2.05) is 30.3 Å². The Kier molecular flexibility index (Phi) is 3.98. The fourth-order valence-electron chi connectivity index (χ4n) is 2.07. The molecule has 108 valence electrons. The van der Waals surface area contributed by atoms with Gasteiger partial charge in [-0.05, 0) is 17.7 Å². The molecule has 0 atom stereocenters. The molecule has 3 aromatic rings. The summed E-state index contributed by atoms with van der Waals surface area (Å²) < 4.78 is 0.947. The van der Waals surface area contributed by atoms with E-state index in [0.29, 0.717) is 11.3 Å². The third kappa shape index (κ3) is 2.89. The third-order valence-corrected chi connectivity index (χ3v) is 3.73. The molecule has 0 saturated carbocycles. The number of nitrogens with one attached hydrogen (secondary N) is 1. The van der Waals surface area contributed by atoms with Crippen LogP contribution in [0.4, 0.5) is 0 Å². The van der Waals surface area contributed by atoms with Crippen LogP contribution < -0.4 is 5.43 Å². The Hall–Kier alpha value is -2.53. The van der Waals surface area contributed by atoms with Crippen molar-refractivity contribution in [2.45, 2.75) is 0 Å². The fraction of sp³-hybridized carbons (Fsp3) is 0. The average molecular weight is 355 g/mol. The SMILES string of the molecule is O=C(c1ccccc1)c1n[nH]c(-c2ccc(Br)cc2)cc1=O. The maximum atomic E-state index is 12.3. The number of rotatable bonds is 3. The van der Waals surface area contributed by atoms with Gasteiger partial charge in [0.15, 0.2) is 5.69 Å². The smallest absolute Gasteiger partial charge is 0.217 e. The van der Waals surface area contributed by atoms with Gasteiger partial charge in [0.1, 0.15) is 0 Å². The Bertz CT molecular complexity index is 871. The van der Waals surface area contributed by atoms with Crippen LogP contribution in [0.1, 0.15) is 16.1 Å². The zero-order valence-corrected chi connectivity index (χ0v) is 13.0. The highest BCUT2D eigenvalue weighted by molar-refractivity contribution is 9.10. The van der Waals surface area contributed by atoms with E-state index in [9.17, 15) is 9.59 Å². The molecule has 2 aromatic carbocycles. The molecule has 0 fully saturated rings. The highest BCUT2D eigenvalue weighted by Gasteiger charge is 2.15. The van der Waals surface area contributed by atoms with Gasteiger partial charge in [-0.3, -0.25) is 14.7 Å². The molecule has 5 heteroatoms. The number of halogens is 1. The van der Waals surface area contributed by atoms with Crippen molar-refractivity contribution in [1.29, 1.82) is 0 Å². The van der Waals surface area contributed by atoms with E-state index in [4.69, 9.17) is 0 Å². The molecule has 0 aliphatic heterocycles. The maximum Gasteiger partial charge on any atom is 0.217 e. The van der Waals surface area contributed by atoms with Crippen molar-refractivity contribution in [2.75, 3.05) is 0 Å². The number of nitrogens with zero attached hydrogens (tertiary/aromatic N) is 1. The molecule has 1 aromatic heterocycles. The molecule has 0 radical (unpaired) electrons. The number of carbonyl (C=O) groups is 1. The van der Waals surface area contributed by atoms with Crippen molar-refractivity contribution in [3.8, 4) is 11.3 Å². The van der Waals surface area contributed by atoms with Crippen LogP contribution in [0.2, 0.25) is 0 Å². The average Bonchev–Trinajstić information content (AvgIpc) is 2.56. The van der Waals surface area contributed by atoms with E-state index < -0.39 is 5.43 Å². The van der Waals surface area contributed by atoms with Gasteiger partial charge >= 0.3 is 0 Å². The Morgan fingerprint density at radius 1 is 1.00 bits per heavy atom. The van der Waals surface area contributed by atoms with Gasteiger partial charge in [0.2, 0.25) is 11.2 Å². The van der Waals surface area contributed by atoms with Gasteiger partial charge in [-0.15, -0.1) is 0 Å². The first kappa shape index (κ1) is 14.4. The van der Waals surface area contributed by atoms with Crippen LogP contribution in [-0.2, 0) is 0 Å². The summed E-state index contributed by atoms with van der Waals surface area (Å²) in [6.45, 7) is 0. The lowest BCUT2D eigenvalue weighted by Gasteiger charge is -2.03. The monoisotopic (exact) mass is 354 g/mol. The molecule has 0 aliphatic carbocycles. The van der Waals surface area contributed by atoms with Crippen LogP contribution >= 0.6 is 15.9 Å². The minimum Gasteiger partial charge on any atom is -0.287 e. The third-order valence-electron chi connectivity index (χ3n) is 3.20. The number of aromatic amines is 1. The lowest BCUT2D eigenvalue weighted by molar-refractivity contribution is 0.103. The van der Waals surface area contributed by atoms with Crippen molar-refractivity contribution < 1.29 is 4.79 Å². The predicted octanol–water partition coefficient (Wildman–Crippen LogP) is 3.43. The summed E-state index contributed by atoms with van der Waals surface area (Å²) in [6.07, 6.45) is 0. The summed E-state index contributed by atoms with van der Waals surface area (Å²) >= 11 is 3.36. The summed E-state index contributed by atoms with van der Waals surface area (Å²) in [4.78, 5) is 24.5. The Balaban J connectivity index is 1.98. The molecule has 1 heterocycles. The van der Waals surface area contributed by atoms with Gasteiger partial charge in [-0.1, -0.05) is 58.4 Å². The highest BCUT2D eigenvalue weighted by atomic mass is 79.9. The number of benzene rings is 2. The van der Waals surface area contributed by atoms with Gasteiger partial charge in [0, 0.05) is 16.1 Å². The molecule has 4 nitrogen and oxygen atoms in total. The minimum atomic E-state index is -0.398. The van der Waals surface area contributed by atoms with Crippen LogP contribution in [0.25, 0.3) is 11.3 Å². The second-order valence-electron chi connectivity index (χ2n) is 4.70. The number of aromatic nitrogens is 2. The van der Waals surface area contributed by atoms with E-state index in [-0.39, 0.29) is 11.5 Å². The molecule has 0 saturated heterocycles. The van der Waals surface area contributed by atoms with Crippen molar-refractivity contribution in [1.82, 2.24) is 10.2 Å². The molecule has 22 heavy (non-hydrogen) atoms. The topological polar surface area (TPSA) is 62.8 Å². The summed E-state index contributed by atoms with van der Waals surface area (Å²) in [6, 6.07) is 17.5.